The van der Waals surface area contributed by atoms with Crippen LogP contribution < -0.4 is 20.1 Å². The molecular weight excluding hydrogens is 339 g/mol. The fourth-order valence-corrected chi connectivity index (χ4v) is 1.90. The van der Waals surface area contributed by atoms with Crippen molar-refractivity contribution in [3.05, 3.63) is 18.2 Å². The Morgan fingerprint density at radius 2 is 2.00 bits per heavy atom. The van der Waals surface area contributed by atoms with Crippen LogP contribution in [0.3, 0.4) is 0 Å². The summed E-state index contributed by atoms with van der Waals surface area (Å²) in [7, 11) is 3.15. The highest BCUT2D eigenvalue weighted by Gasteiger charge is 2.27. The minimum absolute atomic E-state index is 0.0143. The average Bonchev–Trinajstić information content (AvgIpc) is 2.57. The second-order valence-electron chi connectivity index (χ2n) is 4.94. The molecule has 9 heteroatoms. The minimum atomic E-state index is -4.29. The Balaban J connectivity index is 2.43. The second kappa shape index (κ2) is 10.7. The van der Waals surface area contributed by atoms with Gasteiger partial charge in [-0.25, -0.2) is 0 Å². The smallest absolute Gasteiger partial charge is 0.411 e. The molecule has 0 unspecified atom stereocenters. The van der Waals surface area contributed by atoms with Crippen molar-refractivity contribution in [3.8, 4) is 11.5 Å². The number of nitrogens with one attached hydrogen (secondary N) is 2. The van der Waals surface area contributed by atoms with Gasteiger partial charge in [0.1, 0.15) is 6.61 Å². The monoisotopic (exact) mass is 363 g/mol. The number of benzene rings is 1. The van der Waals surface area contributed by atoms with Gasteiger partial charge in [0.25, 0.3) is 0 Å². The van der Waals surface area contributed by atoms with Crippen molar-refractivity contribution in [2.45, 2.75) is 19.5 Å². The predicted octanol–water partition coefficient (Wildman–Crippen LogP) is 3.05. The first kappa shape index (κ1) is 20.9. The highest BCUT2D eigenvalue weighted by atomic mass is 19.4. The number of rotatable bonds is 9. The van der Waals surface area contributed by atoms with E-state index in [0.717, 1.165) is 5.69 Å². The zero-order chi connectivity index (χ0) is 18.7. The van der Waals surface area contributed by atoms with Crippen molar-refractivity contribution in [3.63, 3.8) is 0 Å². The van der Waals surface area contributed by atoms with E-state index < -0.39 is 12.8 Å². The Hall–Kier alpha value is -2.16. The molecule has 0 atom stereocenters. The van der Waals surface area contributed by atoms with Gasteiger partial charge < -0.3 is 24.8 Å². The molecule has 1 aromatic rings. The molecule has 0 saturated heterocycles. The summed E-state index contributed by atoms with van der Waals surface area (Å²) in [4.78, 5) is 4.06. The molecule has 6 nitrogen and oxygen atoms in total. The first-order valence-corrected chi connectivity index (χ1v) is 7.82. The van der Waals surface area contributed by atoms with Crippen LogP contribution >= 0.6 is 0 Å². The average molecular weight is 363 g/mol. The van der Waals surface area contributed by atoms with Crippen LogP contribution in [-0.4, -0.2) is 52.7 Å². The zero-order valence-corrected chi connectivity index (χ0v) is 14.6. The molecule has 0 aliphatic carbocycles. The highest BCUT2D eigenvalue weighted by molar-refractivity contribution is 5.93. The molecule has 0 aliphatic heterocycles. The lowest BCUT2D eigenvalue weighted by Crippen LogP contribution is -2.32. The number of halogens is 3. The molecule has 142 valence electrons. The molecule has 0 radical (unpaired) electrons. The van der Waals surface area contributed by atoms with Gasteiger partial charge in [0.15, 0.2) is 17.5 Å². The fraction of sp³-hybridized carbons (Fsp3) is 0.562. The molecule has 0 fully saturated rings. The van der Waals surface area contributed by atoms with Crippen molar-refractivity contribution >= 4 is 11.6 Å². The zero-order valence-electron chi connectivity index (χ0n) is 14.6. The topological polar surface area (TPSA) is 64.1 Å². The van der Waals surface area contributed by atoms with E-state index in [9.17, 15) is 13.2 Å². The minimum Gasteiger partial charge on any atom is -0.493 e. The molecule has 1 rings (SSSR count). The van der Waals surface area contributed by atoms with E-state index >= 15 is 0 Å². The lowest BCUT2D eigenvalue weighted by atomic mass is 10.2. The van der Waals surface area contributed by atoms with E-state index in [2.05, 4.69) is 20.4 Å². The fourth-order valence-electron chi connectivity index (χ4n) is 1.90. The van der Waals surface area contributed by atoms with Crippen LogP contribution in [0.15, 0.2) is 23.2 Å². The maximum absolute atomic E-state index is 11.9. The Bertz CT molecular complexity index is 551. The number of anilines is 1. The number of hydrogen-bond donors (Lipinski definition) is 2. The van der Waals surface area contributed by atoms with E-state index in [-0.39, 0.29) is 6.61 Å². The van der Waals surface area contributed by atoms with Crippen molar-refractivity contribution in [2.75, 3.05) is 45.8 Å². The summed E-state index contributed by atoms with van der Waals surface area (Å²) in [6.45, 7) is 1.62. The van der Waals surface area contributed by atoms with Crippen LogP contribution in [0.1, 0.15) is 13.3 Å². The Kier molecular flexibility index (Phi) is 8.90. The normalized spacial score (nSPS) is 12.0. The van der Waals surface area contributed by atoms with Crippen molar-refractivity contribution in [1.29, 1.82) is 0 Å². The molecule has 1 aromatic carbocycles. The van der Waals surface area contributed by atoms with Crippen LogP contribution in [0.4, 0.5) is 18.9 Å². The summed E-state index contributed by atoms with van der Waals surface area (Å²) in [6, 6.07) is 5.36. The van der Waals surface area contributed by atoms with Crippen molar-refractivity contribution < 1.29 is 27.4 Å². The van der Waals surface area contributed by atoms with Crippen LogP contribution in [-0.2, 0) is 4.74 Å². The number of guanidine groups is 1. The number of nitrogens with zero attached hydrogens (tertiary/aromatic N) is 1. The summed E-state index contributed by atoms with van der Waals surface area (Å²) in [5.74, 6) is 1.71. The third-order valence-corrected chi connectivity index (χ3v) is 2.97. The van der Waals surface area contributed by atoms with Gasteiger partial charge in [-0.05, 0) is 25.5 Å². The molecular formula is C16H24F3N3O3. The van der Waals surface area contributed by atoms with Gasteiger partial charge in [0.05, 0.1) is 13.7 Å². The number of alkyl halides is 3. The van der Waals surface area contributed by atoms with Crippen LogP contribution in [0.25, 0.3) is 0 Å². The van der Waals surface area contributed by atoms with Gasteiger partial charge in [-0.15, -0.1) is 0 Å². The van der Waals surface area contributed by atoms with Crippen LogP contribution in [0.2, 0.25) is 0 Å². The van der Waals surface area contributed by atoms with Crippen LogP contribution in [0, 0.1) is 0 Å². The van der Waals surface area contributed by atoms with Crippen LogP contribution in [0.5, 0.6) is 11.5 Å². The van der Waals surface area contributed by atoms with Crippen molar-refractivity contribution in [2.24, 2.45) is 4.99 Å². The maximum Gasteiger partial charge on any atom is 0.411 e. The van der Waals surface area contributed by atoms with Gasteiger partial charge >= 0.3 is 6.18 Å². The van der Waals surface area contributed by atoms with E-state index in [4.69, 9.17) is 9.47 Å². The van der Waals surface area contributed by atoms with E-state index in [1.54, 1.807) is 26.3 Å². The van der Waals surface area contributed by atoms with Crippen molar-refractivity contribution in [1.82, 2.24) is 5.32 Å². The summed E-state index contributed by atoms with van der Waals surface area (Å²) in [5.41, 5.74) is 0.738. The molecule has 0 heterocycles. The van der Waals surface area contributed by atoms with Gasteiger partial charge in [-0.3, -0.25) is 4.99 Å². The third-order valence-electron chi connectivity index (χ3n) is 2.97. The number of methoxy groups -OCH3 is 1. The van der Waals surface area contributed by atoms with E-state index in [1.807, 2.05) is 13.0 Å². The summed E-state index contributed by atoms with van der Waals surface area (Å²) in [5, 5.41) is 6.07. The Labute approximate surface area is 145 Å². The van der Waals surface area contributed by atoms with E-state index in [1.165, 1.54) is 0 Å². The van der Waals surface area contributed by atoms with Gasteiger partial charge in [-0.2, -0.15) is 13.2 Å². The number of ether oxygens (including phenoxy) is 3. The van der Waals surface area contributed by atoms with Gasteiger partial charge in [0, 0.05) is 32.0 Å². The lowest BCUT2D eigenvalue weighted by Gasteiger charge is -2.14. The standard InChI is InChI=1S/C16H24F3N3O3/c1-4-25-13-7-6-12(10-14(13)23-3)22-15(20-2)21-8-5-9-24-11-16(17,18)19/h6-7,10H,4-5,8-9,11H2,1-3H3,(H2,20,21,22). The summed E-state index contributed by atoms with van der Waals surface area (Å²) >= 11 is 0. The van der Waals surface area contributed by atoms with E-state index in [0.29, 0.717) is 37.0 Å². The highest BCUT2D eigenvalue weighted by Crippen LogP contribution is 2.30. The molecule has 0 aliphatic rings. The number of aliphatic imine (C=N–C) groups is 1. The van der Waals surface area contributed by atoms with Gasteiger partial charge in [0.2, 0.25) is 0 Å². The molecule has 0 aromatic heterocycles. The SMILES string of the molecule is CCOc1ccc(NC(=NC)NCCCOCC(F)(F)F)cc1OC. The first-order valence-electron chi connectivity index (χ1n) is 7.82. The molecule has 2 N–H and O–H groups in total. The first-order chi connectivity index (χ1) is 11.9. The number of hydrogen-bond acceptors (Lipinski definition) is 4. The lowest BCUT2D eigenvalue weighted by molar-refractivity contribution is -0.173. The maximum atomic E-state index is 11.9. The quantitative estimate of drug-likeness (QED) is 0.401. The molecule has 0 saturated carbocycles. The molecule has 0 spiro atoms. The Morgan fingerprint density at radius 3 is 2.60 bits per heavy atom. The second-order valence-corrected chi connectivity index (χ2v) is 4.94. The van der Waals surface area contributed by atoms with Gasteiger partial charge in [-0.1, -0.05) is 0 Å². The summed E-state index contributed by atoms with van der Waals surface area (Å²) < 4.78 is 51.1. The summed E-state index contributed by atoms with van der Waals surface area (Å²) in [6.07, 6.45) is -3.87. The predicted molar refractivity (Wildman–Crippen MR) is 90.6 cm³/mol. The third kappa shape index (κ3) is 8.48. The Morgan fingerprint density at radius 1 is 1.24 bits per heavy atom. The molecule has 25 heavy (non-hydrogen) atoms. The largest absolute Gasteiger partial charge is 0.493 e. The molecule has 0 bridgehead atoms. The molecule has 0 amide bonds.